The van der Waals surface area contributed by atoms with Gasteiger partial charge in [-0.3, -0.25) is 18.8 Å². The molecule has 1 aliphatic heterocycles. The van der Waals surface area contributed by atoms with Crippen LogP contribution in [-0.2, 0) is 18.4 Å². The Morgan fingerprint density at radius 2 is 1.94 bits per heavy atom. The number of nitrogens with zero attached hydrogens (tertiary/aromatic N) is 5. The highest BCUT2D eigenvalue weighted by Gasteiger charge is 2.38. The Morgan fingerprint density at radius 1 is 1.22 bits per heavy atom. The lowest BCUT2D eigenvalue weighted by Gasteiger charge is -2.39. The van der Waals surface area contributed by atoms with Gasteiger partial charge in [-0.25, -0.2) is 4.98 Å². The summed E-state index contributed by atoms with van der Waals surface area (Å²) in [6.45, 7) is 1.16. The molecule has 1 aliphatic carbocycles. The van der Waals surface area contributed by atoms with Gasteiger partial charge in [-0.1, -0.05) is 30.3 Å². The summed E-state index contributed by atoms with van der Waals surface area (Å²) >= 11 is 0. The summed E-state index contributed by atoms with van der Waals surface area (Å²) in [5, 5.41) is 15.7. The molecule has 2 aliphatic rings. The van der Waals surface area contributed by atoms with E-state index < -0.39 is 5.60 Å². The minimum atomic E-state index is -1.03. The maximum absolute atomic E-state index is 13.1. The maximum Gasteiger partial charge on any atom is 0.264 e. The number of hydrogen-bond donors (Lipinski definition) is 1. The smallest absolute Gasteiger partial charge is 0.264 e. The molecule has 0 bridgehead atoms. The third-order valence-electron chi connectivity index (χ3n) is 7.04. The van der Waals surface area contributed by atoms with Crippen molar-refractivity contribution in [3.63, 3.8) is 0 Å². The molecule has 1 atom stereocenters. The van der Waals surface area contributed by atoms with Crippen LogP contribution in [0.5, 0.6) is 0 Å². The van der Waals surface area contributed by atoms with E-state index in [1.165, 1.54) is 35.5 Å². The van der Waals surface area contributed by atoms with Gasteiger partial charge in [-0.15, -0.1) is 0 Å². The Kier molecular flexibility index (Phi) is 5.33. The lowest BCUT2D eigenvalue weighted by Crippen LogP contribution is -2.49. The maximum atomic E-state index is 13.1. The average Bonchev–Trinajstić information content (AvgIpc) is 3.57. The number of benzene rings is 1. The van der Waals surface area contributed by atoms with E-state index in [2.05, 4.69) is 22.2 Å². The number of rotatable bonds is 6. The van der Waals surface area contributed by atoms with Gasteiger partial charge in [0.15, 0.2) is 5.65 Å². The summed E-state index contributed by atoms with van der Waals surface area (Å²) in [5.74, 6) is 1.04. The number of carbonyl (C=O) groups excluding carboxylic acids is 1. The van der Waals surface area contributed by atoms with Crippen LogP contribution in [-0.4, -0.2) is 53.9 Å². The van der Waals surface area contributed by atoms with Crippen molar-refractivity contribution < 1.29 is 9.90 Å². The first-order chi connectivity index (χ1) is 15.4. The van der Waals surface area contributed by atoms with Gasteiger partial charge in [0.05, 0.1) is 18.3 Å². The predicted octanol–water partition coefficient (Wildman–Crippen LogP) is 2.07. The largest absolute Gasteiger partial charge is 0.388 e. The zero-order chi connectivity index (χ0) is 22.3. The van der Waals surface area contributed by atoms with Crippen molar-refractivity contribution in [1.82, 2.24) is 24.2 Å². The van der Waals surface area contributed by atoms with E-state index >= 15 is 0 Å². The molecule has 5 rings (SSSR count). The lowest BCUT2D eigenvalue weighted by molar-refractivity contribution is -0.136. The summed E-state index contributed by atoms with van der Waals surface area (Å²) in [5.41, 5.74) is 0.537. The highest BCUT2D eigenvalue weighted by molar-refractivity contribution is 5.77. The Labute approximate surface area is 186 Å². The van der Waals surface area contributed by atoms with Gasteiger partial charge in [-0.05, 0) is 43.1 Å². The van der Waals surface area contributed by atoms with E-state index in [1.807, 2.05) is 23.1 Å². The molecule has 1 saturated carbocycles. The number of amides is 1. The van der Waals surface area contributed by atoms with Crippen LogP contribution in [0.1, 0.15) is 43.6 Å². The molecule has 3 aromatic rings. The molecule has 1 unspecified atom stereocenters. The van der Waals surface area contributed by atoms with E-state index in [9.17, 15) is 14.7 Å². The molecule has 1 N–H and O–H groups in total. The van der Waals surface area contributed by atoms with E-state index in [-0.39, 0.29) is 23.9 Å². The number of aliphatic hydroxyl groups is 1. The first kappa shape index (κ1) is 20.9. The van der Waals surface area contributed by atoms with E-state index in [0.29, 0.717) is 49.3 Å². The van der Waals surface area contributed by atoms with Gasteiger partial charge < -0.3 is 10.0 Å². The van der Waals surface area contributed by atoms with Crippen molar-refractivity contribution in [2.24, 2.45) is 13.0 Å². The van der Waals surface area contributed by atoms with Crippen LogP contribution >= 0.6 is 0 Å². The Bertz CT molecular complexity index is 1170. The lowest BCUT2D eigenvalue weighted by atomic mass is 9.88. The molecule has 168 valence electrons. The molecular weight excluding hydrogens is 406 g/mol. The van der Waals surface area contributed by atoms with Crippen LogP contribution in [0.25, 0.3) is 11.0 Å². The van der Waals surface area contributed by atoms with E-state index in [1.54, 1.807) is 11.7 Å². The molecule has 2 aromatic heterocycles. The molecule has 0 spiro atoms. The summed E-state index contributed by atoms with van der Waals surface area (Å²) in [4.78, 5) is 32.0. The third-order valence-corrected chi connectivity index (χ3v) is 7.04. The van der Waals surface area contributed by atoms with Crippen LogP contribution < -0.4 is 5.56 Å². The summed E-state index contributed by atoms with van der Waals surface area (Å²) in [6, 6.07) is 10.3. The second-order valence-corrected chi connectivity index (χ2v) is 9.35. The van der Waals surface area contributed by atoms with Gasteiger partial charge in [0, 0.05) is 26.6 Å². The molecule has 32 heavy (non-hydrogen) atoms. The zero-order valence-electron chi connectivity index (χ0n) is 18.4. The number of piperidine rings is 1. The molecule has 1 amide bonds. The second-order valence-electron chi connectivity index (χ2n) is 9.35. The fraction of sp³-hybridized carbons (Fsp3) is 0.500. The fourth-order valence-electron chi connectivity index (χ4n) is 4.90. The van der Waals surface area contributed by atoms with Gasteiger partial charge >= 0.3 is 0 Å². The monoisotopic (exact) mass is 435 g/mol. The van der Waals surface area contributed by atoms with Crippen LogP contribution in [0.15, 0.2) is 47.7 Å². The molecule has 1 aromatic carbocycles. The van der Waals surface area contributed by atoms with Crippen molar-refractivity contribution in [2.45, 2.75) is 50.2 Å². The first-order valence-electron chi connectivity index (χ1n) is 11.4. The highest BCUT2D eigenvalue weighted by Crippen LogP contribution is 2.44. The van der Waals surface area contributed by atoms with Crippen LogP contribution in [0.3, 0.4) is 0 Å². The van der Waals surface area contributed by atoms with Crippen LogP contribution in [0.4, 0.5) is 0 Å². The molecule has 8 nitrogen and oxygen atoms in total. The minimum absolute atomic E-state index is 0.156. The minimum Gasteiger partial charge on any atom is -0.388 e. The van der Waals surface area contributed by atoms with Crippen molar-refractivity contribution >= 4 is 16.9 Å². The van der Waals surface area contributed by atoms with Crippen molar-refractivity contribution in [3.05, 3.63) is 58.8 Å². The van der Waals surface area contributed by atoms with Crippen molar-refractivity contribution in [3.8, 4) is 0 Å². The van der Waals surface area contributed by atoms with Gasteiger partial charge in [0.2, 0.25) is 5.91 Å². The van der Waals surface area contributed by atoms with E-state index in [0.717, 1.165) is 0 Å². The number of aromatic nitrogens is 4. The summed E-state index contributed by atoms with van der Waals surface area (Å²) in [6.07, 6.45) is 6.77. The molecule has 3 heterocycles. The Hall–Kier alpha value is -3.00. The molecule has 8 heteroatoms. The van der Waals surface area contributed by atoms with E-state index in [4.69, 9.17) is 0 Å². The Balaban J connectivity index is 1.23. The third kappa shape index (κ3) is 4.07. The van der Waals surface area contributed by atoms with Gasteiger partial charge in [-0.2, -0.15) is 5.10 Å². The van der Waals surface area contributed by atoms with Crippen molar-refractivity contribution in [2.75, 3.05) is 13.1 Å². The second kappa shape index (κ2) is 8.16. The summed E-state index contributed by atoms with van der Waals surface area (Å²) < 4.78 is 3.02. The van der Waals surface area contributed by atoms with Gasteiger partial charge in [0.1, 0.15) is 11.7 Å². The summed E-state index contributed by atoms with van der Waals surface area (Å²) in [7, 11) is 1.74. The normalized spacial score (nSPS) is 19.2. The molecular formula is C24H29N5O3. The Morgan fingerprint density at radius 3 is 2.62 bits per heavy atom. The first-order valence-corrected chi connectivity index (χ1v) is 11.4. The topological polar surface area (TPSA) is 93.2 Å². The number of likely N-dealkylation sites (tertiary alicyclic amines) is 1. The average molecular weight is 436 g/mol. The predicted molar refractivity (Wildman–Crippen MR) is 120 cm³/mol. The number of hydrogen-bond acceptors (Lipinski definition) is 5. The number of carbonyl (C=O) groups is 1. The highest BCUT2D eigenvalue weighted by atomic mass is 16.3. The fourth-order valence-corrected chi connectivity index (χ4v) is 4.90. The molecule has 2 fully saturated rings. The number of fused-ring (bicyclic) bond motifs is 1. The van der Waals surface area contributed by atoms with Gasteiger partial charge in [0.25, 0.3) is 5.56 Å². The SMILES string of the molecule is Cn1ncc2c(=O)n(CC3(O)CCN(C(=O)CC(c4ccccc4)C4CC4)CC3)cnc21. The molecule has 0 radical (unpaired) electrons. The van der Waals surface area contributed by atoms with Crippen molar-refractivity contribution in [1.29, 1.82) is 0 Å². The van der Waals surface area contributed by atoms with Crippen LogP contribution in [0, 0.1) is 5.92 Å². The van der Waals surface area contributed by atoms with Crippen LogP contribution in [0.2, 0.25) is 0 Å². The zero-order valence-corrected chi connectivity index (χ0v) is 18.4. The standard InChI is InChI=1S/C24H29N5O3/c1-27-22-20(14-26-27)23(31)29(16-25-22)15-24(32)9-11-28(12-10-24)21(30)13-19(18-7-8-18)17-5-3-2-4-6-17/h2-6,14,16,18-19,32H,7-13,15H2,1H3. The number of aryl methyl sites for hydroxylation is 1. The quantitative estimate of drug-likeness (QED) is 0.640. The molecule has 1 saturated heterocycles.